The largest absolute Gasteiger partial charge is 0.452 e. The van der Waals surface area contributed by atoms with Gasteiger partial charge in [0.05, 0.1) is 22.3 Å². The molecule has 9 nitrogen and oxygen atoms in total. The molecule has 4 rings (SSSR count). The fourth-order valence-electron chi connectivity index (χ4n) is 3.44. The van der Waals surface area contributed by atoms with Crippen molar-refractivity contribution in [2.24, 2.45) is 0 Å². The molecule has 2 heterocycles. The first-order valence-corrected chi connectivity index (χ1v) is 10.6. The maximum absolute atomic E-state index is 13.3. The van der Waals surface area contributed by atoms with Gasteiger partial charge in [-0.25, -0.2) is 19.0 Å². The Hall–Kier alpha value is -4.60. The number of hydrogen-bond acceptors (Lipinski definition) is 7. The van der Waals surface area contributed by atoms with Gasteiger partial charge in [0.2, 0.25) is 0 Å². The number of halogens is 1. The van der Waals surface area contributed by atoms with E-state index in [0.717, 1.165) is 11.1 Å². The number of urea groups is 1. The summed E-state index contributed by atoms with van der Waals surface area (Å²) in [7, 11) is 0. The molecule has 0 aliphatic rings. The summed E-state index contributed by atoms with van der Waals surface area (Å²) in [5.74, 6) is -2.07. The van der Waals surface area contributed by atoms with Crippen LogP contribution in [0.25, 0.3) is 22.4 Å². The van der Waals surface area contributed by atoms with Crippen molar-refractivity contribution in [3.05, 3.63) is 76.7 Å². The number of carbonyl (C=O) groups is 3. The number of anilines is 1. The van der Waals surface area contributed by atoms with Crippen molar-refractivity contribution in [1.29, 1.82) is 0 Å². The number of aryl methyl sites for hydroxylation is 2. The molecule has 0 unspecified atom stereocenters. The Labute approximate surface area is 199 Å². The first-order chi connectivity index (χ1) is 16.7. The van der Waals surface area contributed by atoms with Crippen LogP contribution in [0, 0.1) is 26.6 Å². The summed E-state index contributed by atoms with van der Waals surface area (Å²) in [6.45, 7) is 4.68. The number of nitrogens with zero attached hydrogens (tertiary/aromatic N) is 2. The highest BCUT2D eigenvalue weighted by atomic mass is 19.1. The zero-order chi connectivity index (χ0) is 25.1. The molecule has 2 aromatic carbocycles. The summed E-state index contributed by atoms with van der Waals surface area (Å²) >= 11 is 0. The van der Waals surface area contributed by atoms with E-state index in [4.69, 9.17) is 9.26 Å². The van der Waals surface area contributed by atoms with Crippen molar-refractivity contribution < 1.29 is 28.0 Å². The highest BCUT2D eigenvalue weighted by Crippen LogP contribution is 2.27. The number of nitrogens with one attached hydrogen (secondary N) is 2. The minimum atomic E-state index is -0.836. The second-order valence-electron chi connectivity index (χ2n) is 7.84. The lowest BCUT2D eigenvalue weighted by Gasteiger charge is -2.11. The van der Waals surface area contributed by atoms with Crippen LogP contribution in [0.15, 0.2) is 53.1 Å². The number of pyridine rings is 1. The molecule has 178 valence electrons. The fraction of sp³-hybridized carbons (Fsp3) is 0.160. The summed E-state index contributed by atoms with van der Waals surface area (Å²) in [6.07, 6.45) is 0. The topological polar surface area (TPSA) is 123 Å². The lowest BCUT2D eigenvalue weighted by Crippen LogP contribution is -2.37. The third-order valence-electron chi connectivity index (χ3n) is 5.42. The Bertz CT molecular complexity index is 1450. The number of ether oxygens (including phenoxy) is 1. The Balaban J connectivity index is 1.47. The summed E-state index contributed by atoms with van der Waals surface area (Å²) in [5, 5.41) is 8.88. The molecular formula is C25H21FN4O5. The molecule has 0 saturated carbocycles. The van der Waals surface area contributed by atoms with E-state index in [2.05, 4.69) is 20.8 Å². The Morgan fingerprint density at radius 2 is 1.80 bits per heavy atom. The molecule has 0 fully saturated rings. The standard InChI is InChI=1S/C25H21FN4O5/c1-13-5-4-6-19(14(13)2)28-25(33)29-21(31)12-34-24(32)18-11-20(16-7-9-17(26)10-8-16)27-23-22(18)15(3)30-35-23/h4-11H,12H2,1-3H3,(H2,28,29,31,33). The average Bonchev–Trinajstić information content (AvgIpc) is 3.21. The number of aromatic nitrogens is 2. The quantitative estimate of drug-likeness (QED) is 0.408. The zero-order valence-corrected chi connectivity index (χ0v) is 19.1. The number of amides is 3. The Morgan fingerprint density at radius 1 is 1.06 bits per heavy atom. The maximum atomic E-state index is 13.3. The van der Waals surface area contributed by atoms with Gasteiger partial charge in [0.15, 0.2) is 6.61 Å². The van der Waals surface area contributed by atoms with Gasteiger partial charge in [0.1, 0.15) is 5.82 Å². The van der Waals surface area contributed by atoms with Gasteiger partial charge in [0, 0.05) is 11.3 Å². The predicted molar refractivity (Wildman–Crippen MR) is 125 cm³/mol. The van der Waals surface area contributed by atoms with Gasteiger partial charge in [-0.1, -0.05) is 17.3 Å². The highest BCUT2D eigenvalue weighted by Gasteiger charge is 2.22. The van der Waals surface area contributed by atoms with Crippen LogP contribution < -0.4 is 10.6 Å². The van der Waals surface area contributed by atoms with Gasteiger partial charge in [-0.2, -0.15) is 0 Å². The van der Waals surface area contributed by atoms with Crippen LogP contribution in [0.5, 0.6) is 0 Å². The molecule has 0 spiro atoms. The van der Waals surface area contributed by atoms with E-state index in [-0.39, 0.29) is 11.3 Å². The van der Waals surface area contributed by atoms with Gasteiger partial charge in [-0.3, -0.25) is 10.1 Å². The van der Waals surface area contributed by atoms with Gasteiger partial charge in [-0.15, -0.1) is 0 Å². The van der Waals surface area contributed by atoms with Gasteiger partial charge >= 0.3 is 12.0 Å². The van der Waals surface area contributed by atoms with E-state index < -0.39 is 30.3 Å². The van der Waals surface area contributed by atoms with E-state index in [9.17, 15) is 18.8 Å². The van der Waals surface area contributed by atoms with Crippen molar-refractivity contribution in [2.45, 2.75) is 20.8 Å². The van der Waals surface area contributed by atoms with Crippen molar-refractivity contribution in [1.82, 2.24) is 15.5 Å². The number of benzene rings is 2. The molecule has 2 aromatic heterocycles. The second kappa shape index (κ2) is 9.72. The summed E-state index contributed by atoms with van der Waals surface area (Å²) in [6, 6.07) is 11.6. The summed E-state index contributed by atoms with van der Waals surface area (Å²) in [4.78, 5) is 41.6. The number of carbonyl (C=O) groups excluding carboxylic acids is 3. The van der Waals surface area contributed by atoms with Gasteiger partial charge in [0.25, 0.3) is 11.6 Å². The second-order valence-corrected chi connectivity index (χ2v) is 7.84. The molecule has 2 N–H and O–H groups in total. The predicted octanol–water partition coefficient (Wildman–Crippen LogP) is 4.46. The Kier molecular flexibility index (Phi) is 6.54. The normalized spacial score (nSPS) is 10.7. The lowest BCUT2D eigenvalue weighted by molar-refractivity contribution is -0.123. The number of esters is 1. The molecule has 0 aliphatic carbocycles. The first kappa shape index (κ1) is 23.6. The first-order valence-electron chi connectivity index (χ1n) is 10.6. The van der Waals surface area contributed by atoms with E-state index >= 15 is 0 Å². The van der Waals surface area contributed by atoms with Crippen LogP contribution in [-0.4, -0.2) is 34.7 Å². The summed E-state index contributed by atoms with van der Waals surface area (Å²) in [5.41, 5.74) is 3.84. The number of hydrogen-bond donors (Lipinski definition) is 2. The van der Waals surface area contributed by atoms with Crippen molar-refractivity contribution >= 4 is 34.7 Å². The van der Waals surface area contributed by atoms with E-state index in [1.165, 1.54) is 30.3 Å². The molecule has 10 heteroatoms. The molecule has 3 amide bonds. The third-order valence-corrected chi connectivity index (χ3v) is 5.42. The number of fused-ring (bicyclic) bond motifs is 1. The molecule has 4 aromatic rings. The Morgan fingerprint density at radius 3 is 2.54 bits per heavy atom. The lowest BCUT2D eigenvalue weighted by atomic mass is 10.1. The number of imide groups is 1. The minimum absolute atomic E-state index is 0.0701. The zero-order valence-electron chi connectivity index (χ0n) is 19.1. The van der Waals surface area contributed by atoms with Gasteiger partial charge in [-0.05, 0) is 68.3 Å². The van der Waals surface area contributed by atoms with Crippen molar-refractivity contribution in [2.75, 3.05) is 11.9 Å². The van der Waals surface area contributed by atoms with E-state index in [0.29, 0.717) is 28.0 Å². The van der Waals surface area contributed by atoms with E-state index in [1.807, 2.05) is 19.9 Å². The molecule has 35 heavy (non-hydrogen) atoms. The molecule has 0 bridgehead atoms. The fourth-order valence-corrected chi connectivity index (χ4v) is 3.44. The van der Waals surface area contributed by atoms with Crippen LogP contribution in [-0.2, 0) is 9.53 Å². The number of rotatable bonds is 5. The molecule has 0 atom stereocenters. The van der Waals surface area contributed by atoms with Crippen LogP contribution in [0.3, 0.4) is 0 Å². The third kappa shape index (κ3) is 5.16. The van der Waals surface area contributed by atoms with E-state index in [1.54, 1.807) is 19.1 Å². The van der Waals surface area contributed by atoms with Gasteiger partial charge < -0.3 is 14.6 Å². The molecule has 0 radical (unpaired) electrons. The molecule has 0 saturated heterocycles. The van der Waals surface area contributed by atoms with Crippen LogP contribution >= 0.6 is 0 Å². The van der Waals surface area contributed by atoms with Crippen LogP contribution in [0.2, 0.25) is 0 Å². The highest BCUT2D eigenvalue weighted by molar-refractivity contribution is 6.06. The molecule has 0 aliphatic heterocycles. The molecular weight excluding hydrogens is 455 g/mol. The van der Waals surface area contributed by atoms with Crippen LogP contribution in [0.1, 0.15) is 27.2 Å². The average molecular weight is 476 g/mol. The maximum Gasteiger partial charge on any atom is 0.339 e. The minimum Gasteiger partial charge on any atom is -0.452 e. The van der Waals surface area contributed by atoms with Crippen molar-refractivity contribution in [3.8, 4) is 11.3 Å². The summed E-state index contributed by atoms with van der Waals surface area (Å²) < 4.78 is 23.6. The van der Waals surface area contributed by atoms with Crippen LogP contribution in [0.4, 0.5) is 14.9 Å². The SMILES string of the molecule is Cc1cccc(NC(=O)NC(=O)COC(=O)c2cc(-c3ccc(F)cc3)nc3onc(C)c23)c1C. The smallest absolute Gasteiger partial charge is 0.339 e. The monoisotopic (exact) mass is 476 g/mol. The van der Waals surface area contributed by atoms with Crippen molar-refractivity contribution in [3.63, 3.8) is 0 Å².